The first-order valence-corrected chi connectivity index (χ1v) is 4.65. The normalized spacial score (nSPS) is 13.4. The Bertz CT molecular complexity index is 273. The van der Waals surface area contributed by atoms with Gasteiger partial charge in [-0.1, -0.05) is 18.2 Å². The van der Waals surface area contributed by atoms with Crippen molar-refractivity contribution in [1.29, 1.82) is 0 Å². The Hall–Kier alpha value is -0.480. The number of benzene rings is 1. The number of halogens is 3. The Morgan fingerprint density at radius 2 is 1.85 bits per heavy atom. The van der Waals surface area contributed by atoms with Crippen LogP contribution < -0.4 is 5.73 Å². The van der Waals surface area contributed by atoms with E-state index in [9.17, 15) is 8.78 Å². The van der Waals surface area contributed by atoms with Crippen molar-refractivity contribution in [3.05, 3.63) is 33.8 Å². The van der Waals surface area contributed by atoms with Crippen molar-refractivity contribution in [2.24, 2.45) is 5.73 Å². The highest BCUT2D eigenvalue weighted by molar-refractivity contribution is 9.10. The van der Waals surface area contributed by atoms with E-state index in [2.05, 4.69) is 15.9 Å². The lowest BCUT2D eigenvalue weighted by molar-refractivity contribution is 0.150. The molecule has 13 heavy (non-hydrogen) atoms. The van der Waals surface area contributed by atoms with Crippen LogP contribution in [0.3, 0.4) is 0 Å². The van der Waals surface area contributed by atoms with Gasteiger partial charge in [0, 0.05) is 16.1 Å². The molecule has 0 spiro atoms. The van der Waals surface area contributed by atoms with Gasteiger partial charge in [-0.25, -0.2) is 8.78 Å². The molecule has 1 atom stereocenters. The number of rotatable bonds is 2. The molecule has 0 saturated carbocycles. The fourth-order valence-electron chi connectivity index (χ4n) is 1.09. The molecule has 4 heteroatoms. The Balaban J connectivity index is 3.18. The molecular formula is C9H10BrF2N. The number of hydrogen-bond acceptors (Lipinski definition) is 1. The predicted octanol–water partition coefficient (Wildman–Crippen LogP) is 3.41. The van der Waals surface area contributed by atoms with Gasteiger partial charge in [-0.3, -0.25) is 0 Å². The molecule has 0 bridgehead atoms. The summed E-state index contributed by atoms with van der Waals surface area (Å²) in [6.45, 7) is 1.76. The highest BCUT2D eigenvalue weighted by Crippen LogP contribution is 2.32. The van der Waals surface area contributed by atoms with Crippen LogP contribution in [0.4, 0.5) is 8.78 Å². The highest BCUT2D eigenvalue weighted by Gasteiger charge is 2.15. The van der Waals surface area contributed by atoms with E-state index in [1.54, 1.807) is 19.1 Å². The van der Waals surface area contributed by atoms with E-state index in [4.69, 9.17) is 5.73 Å². The van der Waals surface area contributed by atoms with Crippen LogP contribution in [0.2, 0.25) is 0 Å². The van der Waals surface area contributed by atoms with Crippen LogP contribution in [0.15, 0.2) is 22.7 Å². The van der Waals surface area contributed by atoms with E-state index in [0.717, 1.165) is 0 Å². The second kappa shape index (κ2) is 4.15. The van der Waals surface area contributed by atoms with Gasteiger partial charge in [0.25, 0.3) is 6.43 Å². The van der Waals surface area contributed by atoms with Gasteiger partial charge < -0.3 is 5.73 Å². The van der Waals surface area contributed by atoms with Gasteiger partial charge in [-0.15, -0.1) is 0 Å². The molecule has 1 aromatic rings. The summed E-state index contributed by atoms with van der Waals surface area (Å²) in [6, 6.07) is 4.47. The molecule has 1 nitrogen and oxygen atoms in total. The zero-order chi connectivity index (χ0) is 10.0. The molecule has 0 aliphatic rings. The number of hydrogen-bond donors (Lipinski definition) is 1. The molecule has 0 fully saturated rings. The van der Waals surface area contributed by atoms with Crippen molar-refractivity contribution < 1.29 is 8.78 Å². The van der Waals surface area contributed by atoms with Gasteiger partial charge in [0.1, 0.15) is 0 Å². The first kappa shape index (κ1) is 10.6. The van der Waals surface area contributed by atoms with Crippen LogP contribution >= 0.6 is 15.9 Å². The molecule has 0 heterocycles. The van der Waals surface area contributed by atoms with E-state index in [1.807, 2.05) is 0 Å². The van der Waals surface area contributed by atoms with Gasteiger partial charge >= 0.3 is 0 Å². The maximum atomic E-state index is 12.4. The van der Waals surface area contributed by atoms with Gasteiger partial charge in [-0.2, -0.15) is 0 Å². The summed E-state index contributed by atoms with van der Waals surface area (Å²) in [5.74, 6) is 0. The average Bonchev–Trinajstić information content (AvgIpc) is 2.03. The summed E-state index contributed by atoms with van der Waals surface area (Å²) < 4.78 is 25.2. The summed E-state index contributed by atoms with van der Waals surface area (Å²) >= 11 is 3.12. The SMILES string of the molecule is C[C@@H](N)c1cccc(C(F)F)c1Br. The second-order valence-electron chi connectivity index (χ2n) is 2.84. The van der Waals surface area contributed by atoms with Gasteiger partial charge in [0.05, 0.1) is 0 Å². The summed E-state index contributed by atoms with van der Waals surface area (Å²) in [5.41, 5.74) is 6.31. The van der Waals surface area contributed by atoms with Gasteiger partial charge in [0.2, 0.25) is 0 Å². The smallest absolute Gasteiger partial charge is 0.264 e. The average molecular weight is 250 g/mol. The summed E-state index contributed by atoms with van der Waals surface area (Å²) in [5, 5.41) is 0. The molecule has 0 saturated heterocycles. The molecule has 72 valence electrons. The van der Waals surface area contributed by atoms with Gasteiger partial charge in [0.15, 0.2) is 0 Å². The van der Waals surface area contributed by atoms with Crippen LogP contribution in [0.1, 0.15) is 30.5 Å². The monoisotopic (exact) mass is 249 g/mol. The quantitative estimate of drug-likeness (QED) is 0.855. The summed E-state index contributed by atoms with van der Waals surface area (Å²) in [4.78, 5) is 0. The third-order valence-corrected chi connectivity index (χ3v) is 2.70. The minimum atomic E-state index is -2.46. The minimum Gasteiger partial charge on any atom is -0.324 e. The zero-order valence-corrected chi connectivity index (χ0v) is 8.68. The standard InChI is InChI=1S/C9H10BrF2N/c1-5(13)6-3-2-4-7(8(6)10)9(11)12/h2-5,9H,13H2,1H3/t5-/m1/s1. The molecule has 1 rings (SSSR count). The molecule has 0 amide bonds. The lowest BCUT2D eigenvalue weighted by atomic mass is 10.1. The van der Waals surface area contributed by atoms with Crippen molar-refractivity contribution in [1.82, 2.24) is 0 Å². The van der Waals surface area contributed by atoms with Crippen molar-refractivity contribution >= 4 is 15.9 Å². The molecule has 2 N–H and O–H groups in total. The van der Waals surface area contributed by atoms with Crippen LogP contribution in [0, 0.1) is 0 Å². The topological polar surface area (TPSA) is 26.0 Å². The van der Waals surface area contributed by atoms with Crippen molar-refractivity contribution in [3.8, 4) is 0 Å². The fourth-order valence-corrected chi connectivity index (χ4v) is 1.89. The minimum absolute atomic E-state index is 0.00481. The number of nitrogens with two attached hydrogens (primary N) is 1. The van der Waals surface area contributed by atoms with E-state index >= 15 is 0 Å². The van der Waals surface area contributed by atoms with Crippen LogP contribution in [-0.2, 0) is 0 Å². The summed E-state index contributed by atoms with van der Waals surface area (Å²) in [7, 11) is 0. The van der Waals surface area contributed by atoms with Crippen LogP contribution in [-0.4, -0.2) is 0 Å². The lowest BCUT2D eigenvalue weighted by Gasteiger charge is -2.11. The van der Waals surface area contributed by atoms with Gasteiger partial charge in [-0.05, 0) is 28.4 Å². The molecule has 0 unspecified atom stereocenters. The molecule has 0 aromatic heterocycles. The fraction of sp³-hybridized carbons (Fsp3) is 0.333. The zero-order valence-electron chi connectivity index (χ0n) is 7.10. The Morgan fingerprint density at radius 1 is 1.31 bits per heavy atom. The largest absolute Gasteiger partial charge is 0.324 e. The maximum Gasteiger partial charge on any atom is 0.264 e. The predicted molar refractivity (Wildman–Crippen MR) is 51.7 cm³/mol. The Kier molecular flexibility index (Phi) is 3.39. The van der Waals surface area contributed by atoms with E-state index < -0.39 is 6.43 Å². The number of alkyl halides is 2. The Morgan fingerprint density at radius 3 is 2.31 bits per heavy atom. The van der Waals surface area contributed by atoms with Crippen molar-refractivity contribution in [3.63, 3.8) is 0 Å². The first-order chi connectivity index (χ1) is 6.04. The van der Waals surface area contributed by atoms with E-state index in [1.165, 1.54) is 6.07 Å². The Labute approximate surface area is 84.1 Å². The van der Waals surface area contributed by atoms with Crippen LogP contribution in [0.5, 0.6) is 0 Å². The summed E-state index contributed by atoms with van der Waals surface area (Å²) in [6.07, 6.45) is -2.46. The van der Waals surface area contributed by atoms with Crippen molar-refractivity contribution in [2.45, 2.75) is 19.4 Å². The third kappa shape index (κ3) is 2.25. The molecule has 0 aliphatic carbocycles. The third-order valence-electron chi connectivity index (χ3n) is 1.78. The second-order valence-corrected chi connectivity index (χ2v) is 3.63. The van der Waals surface area contributed by atoms with E-state index in [0.29, 0.717) is 10.0 Å². The van der Waals surface area contributed by atoms with Crippen molar-refractivity contribution in [2.75, 3.05) is 0 Å². The molecule has 1 aromatic carbocycles. The van der Waals surface area contributed by atoms with E-state index in [-0.39, 0.29) is 11.6 Å². The molecule has 0 aliphatic heterocycles. The molecular weight excluding hydrogens is 240 g/mol. The maximum absolute atomic E-state index is 12.4. The lowest BCUT2D eigenvalue weighted by Crippen LogP contribution is -2.06. The van der Waals surface area contributed by atoms with Crippen LogP contribution in [0.25, 0.3) is 0 Å². The first-order valence-electron chi connectivity index (χ1n) is 3.86. The molecule has 0 radical (unpaired) electrons. The highest BCUT2D eigenvalue weighted by atomic mass is 79.9.